The number of nitrogens with zero attached hydrogens (tertiary/aromatic N) is 1. The number of esters is 1. The number of benzene rings is 1. The van der Waals surface area contributed by atoms with Gasteiger partial charge < -0.3 is 9.47 Å². The van der Waals surface area contributed by atoms with Gasteiger partial charge in [-0.3, -0.25) is 4.90 Å². The van der Waals surface area contributed by atoms with Gasteiger partial charge in [0.2, 0.25) is 0 Å². The molecule has 1 heterocycles. The maximum absolute atomic E-state index is 13.7. The molecule has 1 aliphatic carbocycles. The number of halogens is 1. The van der Waals surface area contributed by atoms with E-state index in [-0.39, 0.29) is 23.8 Å². The van der Waals surface area contributed by atoms with Crippen molar-refractivity contribution in [2.24, 2.45) is 23.7 Å². The molecular weight excluding hydrogens is 421 g/mol. The van der Waals surface area contributed by atoms with Crippen LogP contribution in [0.5, 0.6) is 0 Å². The van der Waals surface area contributed by atoms with Gasteiger partial charge >= 0.3 is 12.1 Å². The van der Waals surface area contributed by atoms with Crippen LogP contribution in [0.4, 0.5) is 9.18 Å². The summed E-state index contributed by atoms with van der Waals surface area (Å²) in [5, 5.41) is 0. The van der Waals surface area contributed by atoms with Crippen molar-refractivity contribution in [2.45, 2.75) is 91.4 Å². The smallest absolute Gasteiger partial charge is 0.411 e. The van der Waals surface area contributed by atoms with E-state index in [0.717, 1.165) is 24.8 Å². The lowest BCUT2D eigenvalue weighted by atomic mass is 9.75. The van der Waals surface area contributed by atoms with Crippen LogP contribution in [-0.4, -0.2) is 41.3 Å². The third-order valence-corrected chi connectivity index (χ3v) is 6.93. The Balaban J connectivity index is 1.76. The lowest BCUT2D eigenvalue weighted by Crippen LogP contribution is -2.46. The third-order valence-electron chi connectivity index (χ3n) is 6.93. The molecule has 0 radical (unpaired) electrons. The van der Waals surface area contributed by atoms with E-state index in [1.165, 1.54) is 17.0 Å². The fourth-order valence-electron chi connectivity index (χ4n) is 5.29. The molecule has 2 fully saturated rings. The summed E-state index contributed by atoms with van der Waals surface area (Å²) < 4.78 is 25.4. The SMILES string of the molecule is CC(C)[C@@H]1CC[C@@H](C)C[C@H]1OC(=O)C1CC(Cc2cccc(F)c2)CN1C(=O)OC(C)(C)C. The first-order valence-electron chi connectivity index (χ1n) is 12.4. The predicted octanol–water partition coefficient (Wildman–Crippen LogP) is 6.00. The molecule has 1 aromatic carbocycles. The zero-order chi connectivity index (χ0) is 24.3. The van der Waals surface area contributed by atoms with Crippen molar-refractivity contribution in [3.05, 3.63) is 35.6 Å². The summed E-state index contributed by atoms with van der Waals surface area (Å²) >= 11 is 0. The van der Waals surface area contributed by atoms with Crippen LogP contribution in [0.25, 0.3) is 0 Å². The van der Waals surface area contributed by atoms with Gasteiger partial charge in [-0.15, -0.1) is 0 Å². The molecule has 5 nitrogen and oxygen atoms in total. The standard InChI is InChI=1S/C27H40FNO4/c1-17(2)22-11-10-18(3)12-24(22)32-25(30)23-15-20(13-19-8-7-9-21(28)14-19)16-29(23)26(31)33-27(4,5)6/h7-9,14,17-18,20,22-24H,10-13,15-16H2,1-6H3/t18-,20?,22+,23?,24-/m1/s1. The fraction of sp³-hybridized carbons (Fsp3) is 0.704. The minimum Gasteiger partial charge on any atom is -0.461 e. The van der Waals surface area contributed by atoms with Gasteiger partial charge in [-0.25, -0.2) is 14.0 Å². The molecule has 33 heavy (non-hydrogen) atoms. The van der Waals surface area contributed by atoms with Gasteiger partial charge in [-0.05, 0) is 87.8 Å². The van der Waals surface area contributed by atoms with Crippen molar-refractivity contribution in [3.63, 3.8) is 0 Å². The highest BCUT2D eigenvalue weighted by Gasteiger charge is 2.44. The molecule has 5 atom stereocenters. The van der Waals surface area contributed by atoms with Crippen LogP contribution in [-0.2, 0) is 20.7 Å². The second-order valence-corrected chi connectivity index (χ2v) is 11.4. The normalized spacial score (nSPS) is 28.1. The Morgan fingerprint density at radius 3 is 2.55 bits per heavy atom. The highest BCUT2D eigenvalue weighted by atomic mass is 19.1. The highest BCUT2D eigenvalue weighted by Crippen LogP contribution is 2.37. The lowest BCUT2D eigenvalue weighted by Gasteiger charge is -2.37. The topological polar surface area (TPSA) is 55.8 Å². The molecule has 1 amide bonds. The highest BCUT2D eigenvalue weighted by molar-refractivity contribution is 5.82. The summed E-state index contributed by atoms with van der Waals surface area (Å²) in [6, 6.07) is 5.82. The third kappa shape index (κ3) is 6.94. The maximum Gasteiger partial charge on any atom is 0.411 e. The Morgan fingerprint density at radius 2 is 1.91 bits per heavy atom. The van der Waals surface area contributed by atoms with E-state index in [2.05, 4.69) is 20.8 Å². The van der Waals surface area contributed by atoms with Gasteiger partial charge in [0.15, 0.2) is 0 Å². The number of ether oxygens (including phenoxy) is 2. The van der Waals surface area contributed by atoms with Crippen molar-refractivity contribution in [3.8, 4) is 0 Å². The molecule has 1 aliphatic heterocycles. The molecule has 0 aromatic heterocycles. The second kappa shape index (κ2) is 10.4. The first-order chi connectivity index (χ1) is 15.4. The number of hydrogen-bond donors (Lipinski definition) is 0. The molecule has 184 valence electrons. The zero-order valence-corrected chi connectivity index (χ0v) is 21.0. The van der Waals surface area contributed by atoms with Crippen molar-refractivity contribution < 1.29 is 23.5 Å². The zero-order valence-electron chi connectivity index (χ0n) is 21.0. The summed E-state index contributed by atoms with van der Waals surface area (Å²) in [5.41, 5.74) is 0.201. The monoisotopic (exact) mass is 461 g/mol. The quantitative estimate of drug-likeness (QED) is 0.505. The maximum atomic E-state index is 13.7. The van der Waals surface area contributed by atoms with Gasteiger partial charge in [0.1, 0.15) is 23.6 Å². The Labute approximate surface area is 198 Å². The Kier molecular flexibility index (Phi) is 8.07. The number of rotatable bonds is 5. The number of amides is 1. The van der Waals surface area contributed by atoms with Crippen LogP contribution in [0, 0.1) is 29.5 Å². The number of hydrogen-bond acceptors (Lipinski definition) is 4. The largest absolute Gasteiger partial charge is 0.461 e. The van der Waals surface area contributed by atoms with Crippen molar-refractivity contribution in [1.82, 2.24) is 4.90 Å². The van der Waals surface area contributed by atoms with Crippen molar-refractivity contribution in [1.29, 1.82) is 0 Å². The number of carbonyl (C=O) groups excluding carboxylic acids is 2. The lowest BCUT2D eigenvalue weighted by molar-refractivity contribution is -0.161. The van der Waals surface area contributed by atoms with E-state index in [4.69, 9.17) is 9.47 Å². The van der Waals surface area contributed by atoms with Gasteiger partial charge in [-0.2, -0.15) is 0 Å². The summed E-state index contributed by atoms with van der Waals surface area (Å²) in [6.07, 6.45) is 3.53. The van der Waals surface area contributed by atoms with Gasteiger partial charge in [0.25, 0.3) is 0 Å². The van der Waals surface area contributed by atoms with Crippen LogP contribution < -0.4 is 0 Å². The van der Waals surface area contributed by atoms with Crippen LogP contribution in [0.2, 0.25) is 0 Å². The Morgan fingerprint density at radius 1 is 1.18 bits per heavy atom. The van der Waals surface area contributed by atoms with Crippen molar-refractivity contribution in [2.75, 3.05) is 6.54 Å². The molecule has 1 aromatic rings. The average Bonchev–Trinajstić information content (AvgIpc) is 3.10. The minimum atomic E-state index is -0.677. The molecule has 0 N–H and O–H groups in total. The van der Waals surface area contributed by atoms with E-state index >= 15 is 0 Å². The predicted molar refractivity (Wildman–Crippen MR) is 126 cm³/mol. The van der Waals surface area contributed by atoms with E-state index < -0.39 is 17.7 Å². The van der Waals surface area contributed by atoms with E-state index in [9.17, 15) is 14.0 Å². The van der Waals surface area contributed by atoms with Crippen molar-refractivity contribution >= 4 is 12.1 Å². The number of likely N-dealkylation sites (tertiary alicyclic amines) is 1. The van der Waals surface area contributed by atoms with Crippen LogP contribution in [0.15, 0.2) is 24.3 Å². The molecule has 0 spiro atoms. The van der Waals surface area contributed by atoms with Gasteiger partial charge in [0, 0.05) is 6.54 Å². The van der Waals surface area contributed by atoms with E-state index in [1.807, 2.05) is 26.8 Å². The molecule has 2 aliphatic rings. The molecule has 6 heteroatoms. The molecular formula is C27H40FNO4. The summed E-state index contributed by atoms with van der Waals surface area (Å²) in [5.74, 6) is 0.697. The molecule has 1 saturated carbocycles. The minimum absolute atomic E-state index is 0.0306. The number of carbonyl (C=O) groups is 2. The average molecular weight is 462 g/mol. The first-order valence-corrected chi connectivity index (χ1v) is 12.4. The first kappa shape index (κ1) is 25.5. The summed E-state index contributed by atoms with van der Waals surface area (Å²) in [7, 11) is 0. The summed E-state index contributed by atoms with van der Waals surface area (Å²) in [4.78, 5) is 27.9. The van der Waals surface area contributed by atoms with Crippen LogP contribution in [0.1, 0.15) is 72.8 Å². The molecule has 3 rings (SSSR count). The molecule has 1 saturated heterocycles. The molecule has 0 bridgehead atoms. The molecule has 2 unspecified atom stereocenters. The van der Waals surface area contributed by atoms with Gasteiger partial charge in [0.05, 0.1) is 0 Å². The fourth-order valence-corrected chi connectivity index (χ4v) is 5.29. The Bertz CT molecular complexity index is 834. The van der Waals surface area contributed by atoms with E-state index in [0.29, 0.717) is 37.1 Å². The van der Waals surface area contributed by atoms with E-state index in [1.54, 1.807) is 6.07 Å². The summed E-state index contributed by atoms with van der Waals surface area (Å²) in [6.45, 7) is 12.4. The Hall–Kier alpha value is -2.11. The second-order valence-electron chi connectivity index (χ2n) is 11.4. The van der Waals surface area contributed by atoms with Crippen LogP contribution >= 0.6 is 0 Å². The van der Waals surface area contributed by atoms with Crippen LogP contribution in [0.3, 0.4) is 0 Å². The van der Waals surface area contributed by atoms with Gasteiger partial charge in [-0.1, -0.05) is 39.3 Å².